The zero-order valence-electron chi connectivity index (χ0n) is 9.93. The summed E-state index contributed by atoms with van der Waals surface area (Å²) in [6.45, 7) is 0.680. The maximum atomic E-state index is 5.25. The minimum absolute atomic E-state index is 0.680. The summed E-state index contributed by atoms with van der Waals surface area (Å²) < 4.78 is 7.37. The topological polar surface area (TPSA) is 26.5 Å². The second-order valence-electron chi connectivity index (χ2n) is 3.87. The van der Waals surface area contributed by atoms with E-state index in [9.17, 15) is 0 Å². The molecule has 17 heavy (non-hydrogen) atoms. The molecule has 0 N–H and O–H groups in total. The predicted octanol–water partition coefficient (Wildman–Crippen LogP) is 2.83. The van der Waals surface area contributed by atoms with Gasteiger partial charge in [0.25, 0.3) is 0 Å². The molecule has 3 nitrogen and oxygen atoms in total. The molecule has 0 bridgehead atoms. The number of benzene rings is 1. The van der Waals surface area contributed by atoms with Crippen LogP contribution in [0, 0.1) is 0 Å². The summed E-state index contributed by atoms with van der Waals surface area (Å²) in [6, 6.07) is 6.10. The molecule has 1 aromatic heterocycles. The molecule has 4 heteroatoms. The highest BCUT2D eigenvalue weighted by Gasteiger charge is 2.07. The molecule has 0 radical (unpaired) electrons. The Morgan fingerprint density at radius 1 is 1.47 bits per heavy atom. The van der Waals surface area contributed by atoms with Gasteiger partial charge in [0.2, 0.25) is 0 Å². The number of hydrogen-bond donors (Lipinski definition) is 0. The van der Waals surface area contributed by atoms with Crippen molar-refractivity contribution < 1.29 is 4.74 Å². The second-order valence-corrected chi connectivity index (χ2v) is 4.05. The van der Waals surface area contributed by atoms with Crippen LogP contribution in [0.1, 0.15) is 5.56 Å². The predicted molar refractivity (Wildman–Crippen MR) is 73.1 cm³/mol. The van der Waals surface area contributed by atoms with Crippen LogP contribution in [0.5, 0.6) is 5.75 Å². The average Bonchev–Trinajstić information content (AvgIpc) is 2.66. The molecule has 2 rings (SSSR count). The van der Waals surface area contributed by atoms with E-state index < -0.39 is 0 Å². The van der Waals surface area contributed by atoms with Gasteiger partial charge < -0.3 is 9.30 Å². The molecule has 0 unspecified atom stereocenters. The number of fused-ring (bicyclic) bond motifs is 1. The maximum absolute atomic E-state index is 5.25. The largest absolute Gasteiger partial charge is 0.497 e. The molecule has 1 heterocycles. The Balaban J connectivity index is 2.43. The minimum atomic E-state index is 0.680. The Kier molecular flexibility index (Phi) is 3.57. The van der Waals surface area contributed by atoms with E-state index in [1.54, 1.807) is 7.11 Å². The number of nitrogens with zero attached hydrogens (tertiary/aromatic N) is 2. The Morgan fingerprint density at radius 2 is 2.29 bits per heavy atom. The molecule has 0 saturated carbocycles. The highest BCUT2D eigenvalue weighted by molar-refractivity contribution is 7.78. The summed E-state index contributed by atoms with van der Waals surface area (Å²) >= 11 is 4.57. The first kappa shape index (κ1) is 11.8. The third-order valence-electron chi connectivity index (χ3n) is 2.84. The minimum Gasteiger partial charge on any atom is -0.497 e. The fourth-order valence-electron chi connectivity index (χ4n) is 2.00. The van der Waals surface area contributed by atoms with Gasteiger partial charge in [0, 0.05) is 24.1 Å². The van der Waals surface area contributed by atoms with Crippen LogP contribution in [0.4, 0.5) is 0 Å². The van der Waals surface area contributed by atoms with Crippen LogP contribution in [0.2, 0.25) is 0 Å². The molecule has 0 amide bonds. The number of hydrogen-bond acceptors (Lipinski definition) is 3. The molecule has 0 aliphatic carbocycles. The molecule has 1 aromatic carbocycles. The van der Waals surface area contributed by atoms with Crippen LogP contribution in [0.25, 0.3) is 10.9 Å². The molecule has 0 fully saturated rings. The van der Waals surface area contributed by atoms with Crippen molar-refractivity contribution in [2.24, 2.45) is 12.0 Å². The van der Waals surface area contributed by atoms with Crippen molar-refractivity contribution in [3.8, 4) is 5.75 Å². The molecular weight excluding hydrogens is 232 g/mol. The first-order valence-electron chi connectivity index (χ1n) is 5.42. The Labute approximate surface area is 106 Å². The zero-order chi connectivity index (χ0) is 12.3. The summed E-state index contributed by atoms with van der Waals surface area (Å²) in [5, 5.41) is 3.61. The summed E-state index contributed by atoms with van der Waals surface area (Å²) in [4.78, 5) is 3.95. The van der Waals surface area contributed by atoms with E-state index in [0.29, 0.717) is 6.54 Å². The quantitative estimate of drug-likeness (QED) is 0.612. The summed E-state index contributed by atoms with van der Waals surface area (Å²) in [6.07, 6.45) is 3.00. The summed E-state index contributed by atoms with van der Waals surface area (Å²) in [5.41, 5.74) is 2.46. The number of methoxy groups -OCH3 is 1. The van der Waals surface area contributed by atoms with Crippen molar-refractivity contribution in [3.63, 3.8) is 0 Å². The number of aryl methyl sites for hydroxylation is 1. The van der Waals surface area contributed by atoms with Crippen LogP contribution in [-0.2, 0) is 13.5 Å². The number of isothiocyanates is 1. The number of rotatable bonds is 4. The lowest BCUT2D eigenvalue weighted by Gasteiger charge is -2.01. The SMILES string of the molecule is COc1ccc2c(c1)c(CCN=C=S)cn2C. The van der Waals surface area contributed by atoms with Crippen molar-refractivity contribution in [2.75, 3.05) is 13.7 Å². The van der Waals surface area contributed by atoms with Gasteiger partial charge >= 0.3 is 0 Å². The Morgan fingerprint density at radius 3 is 3.00 bits per heavy atom. The highest BCUT2D eigenvalue weighted by Crippen LogP contribution is 2.25. The second kappa shape index (κ2) is 5.13. The third kappa shape index (κ3) is 2.38. The lowest BCUT2D eigenvalue weighted by molar-refractivity contribution is 0.415. The van der Waals surface area contributed by atoms with Gasteiger partial charge in [-0.25, -0.2) is 4.99 Å². The fourth-order valence-corrected chi connectivity index (χ4v) is 2.09. The van der Waals surface area contributed by atoms with Gasteiger partial charge in [0.1, 0.15) is 5.75 Å². The maximum Gasteiger partial charge on any atom is 0.119 e. The van der Waals surface area contributed by atoms with Crippen molar-refractivity contribution in [1.29, 1.82) is 0 Å². The number of aromatic nitrogens is 1. The van der Waals surface area contributed by atoms with Gasteiger partial charge in [-0.3, -0.25) is 0 Å². The van der Waals surface area contributed by atoms with Crippen LogP contribution in [0.3, 0.4) is 0 Å². The van der Waals surface area contributed by atoms with Crippen LogP contribution < -0.4 is 4.74 Å². The zero-order valence-corrected chi connectivity index (χ0v) is 10.8. The average molecular weight is 246 g/mol. The number of aliphatic imine (C=N–C) groups is 1. The van der Waals surface area contributed by atoms with Gasteiger partial charge in [-0.1, -0.05) is 0 Å². The molecular formula is C13H14N2OS. The van der Waals surface area contributed by atoms with Gasteiger partial charge in [-0.2, -0.15) is 0 Å². The highest BCUT2D eigenvalue weighted by atomic mass is 32.1. The number of ether oxygens (including phenoxy) is 1. The number of thiocarbonyl (C=S) groups is 1. The van der Waals surface area contributed by atoms with E-state index >= 15 is 0 Å². The van der Waals surface area contributed by atoms with E-state index in [1.165, 1.54) is 16.5 Å². The van der Waals surface area contributed by atoms with E-state index in [1.807, 2.05) is 13.1 Å². The normalized spacial score (nSPS) is 10.2. The van der Waals surface area contributed by atoms with Crippen molar-refractivity contribution in [3.05, 3.63) is 30.0 Å². The molecule has 88 valence electrons. The third-order valence-corrected chi connectivity index (χ3v) is 2.97. The van der Waals surface area contributed by atoms with Gasteiger partial charge in [0.15, 0.2) is 0 Å². The molecule has 0 aliphatic rings. The van der Waals surface area contributed by atoms with E-state index in [4.69, 9.17) is 4.74 Å². The Bertz CT molecular complexity index is 582. The fraction of sp³-hybridized carbons (Fsp3) is 0.308. The molecule has 0 aliphatic heterocycles. The standard InChI is InChI=1S/C13H14N2OS/c1-15-8-10(5-6-14-9-17)12-7-11(16-2)3-4-13(12)15/h3-4,7-8H,5-6H2,1-2H3. The Hall–Kier alpha value is -1.64. The van der Waals surface area contributed by atoms with E-state index in [0.717, 1.165) is 12.2 Å². The lowest BCUT2D eigenvalue weighted by Crippen LogP contribution is -1.88. The first-order valence-corrected chi connectivity index (χ1v) is 5.82. The summed E-state index contributed by atoms with van der Waals surface area (Å²) in [5.74, 6) is 0.878. The summed E-state index contributed by atoms with van der Waals surface area (Å²) in [7, 11) is 3.72. The van der Waals surface area contributed by atoms with Crippen molar-refractivity contribution in [1.82, 2.24) is 4.57 Å². The monoisotopic (exact) mass is 246 g/mol. The van der Waals surface area contributed by atoms with Crippen molar-refractivity contribution >= 4 is 28.3 Å². The molecule has 2 aromatic rings. The van der Waals surface area contributed by atoms with Crippen LogP contribution in [-0.4, -0.2) is 23.4 Å². The smallest absolute Gasteiger partial charge is 0.119 e. The lowest BCUT2D eigenvalue weighted by atomic mass is 10.1. The van der Waals surface area contributed by atoms with Crippen LogP contribution >= 0.6 is 12.2 Å². The molecule has 0 atom stereocenters. The van der Waals surface area contributed by atoms with E-state index in [2.05, 4.69) is 45.3 Å². The molecule has 0 saturated heterocycles. The first-order chi connectivity index (χ1) is 8.26. The van der Waals surface area contributed by atoms with Gasteiger partial charge in [-0.05, 0) is 42.4 Å². The van der Waals surface area contributed by atoms with E-state index in [-0.39, 0.29) is 0 Å². The van der Waals surface area contributed by atoms with Gasteiger partial charge in [-0.15, -0.1) is 0 Å². The molecule has 0 spiro atoms. The van der Waals surface area contributed by atoms with Crippen LogP contribution in [0.15, 0.2) is 29.4 Å². The van der Waals surface area contributed by atoms with Gasteiger partial charge in [0.05, 0.1) is 18.8 Å². The van der Waals surface area contributed by atoms with Crippen molar-refractivity contribution in [2.45, 2.75) is 6.42 Å².